The van der Waals surface area contributed by atoms with Crippen molar-refractivity contribution in [2.45, 2.75) is 6.92 Å². The van der Waals surface area contributed by atoms with E-state index in [4.69, 9.17) is 23.1 Å². The summed E-state index contributed by atoms with van der Waals surface area (Å²) in [7, 11) is 0. The van der Waals surface area contributed by atoms with Gasteiger partial charge < -0.3 is 11.5 Å². The van der Waals surface area contributed by atoms with Crippen molar-refractivity contribution in [3.05, 3.63) is 28.8 Å². The van der Waals surface area contributed by atoms with Gasteiger partial charge in [0.05, 0.1) is 5.69 Å². The summed E-state index contributed by atoms with van der Waals surface area (Å²) in [5, 5.41) is 0.664. The molecule has 12 heavy (non-hydrogen) atoms. The van der Waals surface area contributed by atoms with Crippen molar-refractivity contribution in [1.82, 2.24) is 0 Å². The summed E-state index contributed by atoms with van der Waals surface area (Å²) < 4.78 is 0. The Bertz CT molecular complexity index is 316. The predicted octanol–water partition coefficient (Wildman–Crippen LogP) is 1.55. The Balaban J connectivity index is 3.05. The minimum Gasteiger partial charge on any atom is -0.370 e. The summed E-state index contributed by atoms with van der Waals surface area (Å²) in [5.74, 6) is 0.0370. The van der Waals surface area contributed by atoms with Gasteiger partial charge in [-0.1, -0.05) is 17.7 Å². The molecule has 4 N–H and O–H groups in total. The molecule has 0 saturated heterocycles. The zero-order chi connectivity index (χ0) is 9.14. The SMILES string of the molecule is Cc1ccc(N=C(N)N)cc1Cl. The van der Waals surface area contributed by atoms with Crippen molar-refractivity contribution < 1.29 is 0 Å². The number of hydrogen-bond donors (Lipinski definition) is 2. The molecular weight excluding hydrogens is 174 g/mol. The van der Waals surface area contributed by atoms with Crippen molar-refractivity contribution >= 4 is 23.2 Å². The standard InChI is InChI=1S/C8H10ClN3/c1-5-2-3-6(4-7(5)9)12-8(10)11/h2-4H,1H3,(H4,10,11,12). The number of benzene rings is 1. The topological polar surface area (TPSA) is 64.4 Å². The van der Waals surface area contributed by atoms with Crippen LogP contribution in [0.3, 0.4) is 0 Å². The van der Waals surface area contributed by atoms with E-state index in [1.54, 1.807) is 12.1 Å². The van der Waals surface area contributed by atoms with Crippen LogP contribution in [0.25, 0.3) is 0 Å². The summed E-state index contributed by atoms with van der Waals surface area (Å²) in [6, 6.07) is 5.39. The molecule has 0 spiro atoms. The summed E-state index contributed by atoms with van der Waals surface area (Å²) in [4.78, 5) is 3.85. The number of guanidine groups is 1. The number of aliphatic imine (C=N–C) groups is 1. The molecule has 4 heteroatoms. The Morgan fingerprint density at radius 2 is 2.08 bits per heavy atom. The van der Waals surface area contributed by atoms with Crippen molar-refractivity contribution in [2.75, 3.05) is 0 Å². The Morgan fingerprint density at radius 1 is 1.42 bits per heavy atom. The highest BCUT2D eigenvalue weighted by Gasteiger charge is 1.95. The minimum absolute atomic E-state index is 0.0370. The van der Waals surface area contributed by atoms with Crippen LogP contribution in [0.1, 0.15) is 5.56 Å². The molecular formula is C8H10ClN3. The van der Waals surface area contributed by atoms with Crippen LogP contribution >= 0.6 is 11.6 Å². The van der Waals surface area contributed by atoms with E-state index in [0.29, 0.717) is 10.7 Å². The van der Waals surface area contributed by atoms with Crippen LogP contribution in [-0.2, 0) is 0 Å². The third-order valence-corrected chi connectivity index (χ3v) is 1.82. The van der Waals surface area contributed by atoms with E-state index in [9.17, 15) is 0 Å². The van der Waals surface area contributed by atoms with Gasteiger partial charge in [-0.15, -0.1) is 0 Å². The van der Waals surface area contributed by atoms with Gasteiger partial charge in [-0.2, -0.15) is 0 Å². The lowest BCUT2D eigenvalue weighted by Crippen LogP contribution is -2.21. The first-order valence-electron chi connectivity index (χ1n) is 3.45. The van der Waals surface area contributed by atoms with E-state index < -0.39 is 0 Å². The molecule has 1 aromatic rings. The molecule has 0 aliphatic rings. The zero-order valence-corrected chi connectivity index (χ0v) is 7.47. The fraction of sp³-hybridized carbons (Fsp3) is 0.125. The Kier molecular flexibility index (Phi) is 2.55. The Hall–Kier alpha value is -1.22. The molecule has 0 radical (unpaired) electrons. The van der Waals surface area contributed by atoms with E-state index in [0.717, 1.165) is 5.56 Å². The second kappa shape index (κ2) is 3.45. The Morgan fingerprint density at radius 3 is 2.58 bits per heavy atom. The molecule has 0 aliphatic heterocycles. The summed E-state index contributed by atoms with van der Waals surface area (Å²) >= 11 is 5.85. The lowest BCUT2D eigenvalue weighted by Gasteiger charge is -1.98. The first-order chi connectivity index (χ1) is 5.59. The van der Waals surface area contributed by atoms with Crippen molar-refractivity contribution in [3.8, 4) is 0 Å². The minimum atomic E-state index is 0.0370. The second-order valence-electron chi connectivity index (χ2n) is 2.47. The molecule has 0 aliphatic carbocycles. The molecule has 0 bridgehead atoms. The maximum Gasteiger partial charge on any atom is 0.191 e. The Labute approximate surface area is 76.0 Å². The van der Waals surface area contributed by atoms with Gasteiger partial charge in [-0.05, 0) is 24.6 Å². The molecule has 0 saturated carbocycles. The highest BCUT2D eigenvalue weighted by Crippen LogP contribution is 2.21. The fourth-order valence-corrected chi connectivity index (χ4v) is 0.975. The fourth-order valence-electron chi connectivity index (χ4n) is 0.800. The van der Waals surface area contributed by atoms with Gasteiger partial charge in [0.15, 0.2) is 5.96 Å². The van der Waals surface area contributed by atoms with Gasteiger partial charge >= 0.3 is 0 Å². The largest absolute Gasteiger partial charge is 0.370 e. The number of aryl methyl sites for hydroxylation is 1. The normalized spacial score (nSPS) is 9.50. The number of rotatable bonds is 1. The average molecular weight is 184 g/mol. The maximum absolute atomic E-state index is 5.85. The van der Waals surface area contributed by atoms with Gasteiger partial charge in [-0.25, -0.2) is 4.99 Å². The maximum atomic E-state index is 5.85. The van der Waals surface area contributed by atoms with Crippen molar-refractivity contribution in [2.24, 2.45) is 16.5 Å². The first kappa shape index (κ1) is 8.87. The van der Waals surface area contributed by atoms with Gasteiger partial charge in [0.2, 0.25) is 0 Å². The highest BCUT2D eigenvalue weighted by atomic mass is 35.5. The second-order valence-corrected chi connectivity index (χ2v) is 2.88. The van der Waals surface area contributed by atoms with Crippen LogP contribution in [0, 0.1) is 6.92 Å². The number of halogens is 1. The molecule has 3 nitrogen and oxygen atoms in total. The number of nitrogens with two attached hydrogens (primary N) is 2. The lowest BCUT2D eigenvalue weighted by molar-refractivity contribution is 1.39. The van der Waals surface area contributed by atoms with Crippen LogP contribution in [0.5, 0.6) is 0 Å². The van der Waals surface area contributed by atoms with E-state index in [-0.39, 0.29) is 5.96 Å². The highest BCUT2D eigenvalue weighted by molar-refractivity contribution is 6.31. The van der Waals surface area contributed by atoms with Gasteiger partial charge in [0, 0.05) is 5.02 Å². The van der Waals surface area contributed by atoms with Gasteiger partial charge in [0.1, 0.15) is 0 Å². The van der Waals surface area contributed by atoms with Crippen molar-refractivity contribution in [3.63, 3.8) is 0 Å². The molecule has 1 rings (SSSR count). The molecule has 64 valence electrons. The first-order valence-corrected chi connectivity index (χ1v) is 3.83. The van der Waals surface area contributed by atoms with E-state index in [1.807, 2.05) is 13.0 Å². The predicted molar refractivity (Wildman–Crippen MR) is 51.7 cm³/mol. The van der Waals surface area contributed by atoms with E-state index in [1.165, 1.54) is 0 Å². The third kappa shape index (κ3) is 2.13. The van der Waals surface area contributed by atoms with Crippen LogP contribution in [-0.4, -0.2) is 5.96 Å². The molecule has 1 aromatic carbocycles. The molecule has 0 atom stereocenters. The smallest absolute Gasteiger partial charge is 0.191 e. The van der Waals surface area contributed by atoms with Crippen LogP contribution in [0.2, 0.25) is 5.02 Å². The van der Waals surface area contributed by atoms with Crippen LogP contribution in [0.15, 0.2) is 23.2 Å². The molecule has 0 aromatic heterocycles. The van der Waals surface area contributed by atoms with E-state index >= 15 is 0 Å². The number of nitrogens with zero attached hydrogens (tertiary/aromatic N) is 1. The monoisotopic (exact) mass is 183 g/mol. The number of hydrogen-bond acceptors (Lipinski definition) is 1. The lowest BCUT2D eigenvalue weighted by atomic mass is 10.2. The molecule has 0 fully saturated rings. The summed E-state index contributed by atoms with van der Waals surface area (Å²) in [6.07, 6.45) is 0. The summed E-state index contributed by atoms with van der Waals surface area (Å²) in [6.45, 7) is 1.92. The zero-order valence-electron chi connectivity index (χ0n) is 6.71. The van der Waals surface area contributed by atoms with Crippen LogP contribution in [0.4, 0.5) is 5.69 Å². The van der Waals surface area contributed by atoms with Gasteiger partial charge in [-0.3, -0.25) is 0 Å². The molecule has 0 unspecified atom stereocenters. The quantitative estimate of drug-likeness (QED) is 0.513. The molecule has 0 amide bonds. The van der Waals surface area contributed by atoms with Crippen molar-refractivity contribution in [1.29, 1.82) is 0 Å². The molecule has 0 heterocycles. The van der Waals surface area contributed by atoms with E-state index in [2.05, 4.69) is 4.99 Å². The summed E-state index contributed by atoms with van der Waals surface area (Å²) in [5.41, 5.74) is 12.1. The average Bonchev–Trinajstić information content (AvgIpc) is 1.96. The third-order valence-electron chi connectivity index (χ3n) is 1.41. The van der Waals surface area contributed by atoms with Gasteiger partial charge in [0.25, 0.3) is 0 Å². The van der Waals surface area contributed by atoms with Crippen LogP contribution < -0.4 is 11.5 Å².